The lowest BCUT2D eigenvalue weighted by atomic mass is 9.95. The van der Waals surface area contributed by atoms with Crippen LogP contribution in [-0.2, 0) is 23.9 Å². The van der Waals surface area contributed by atoms with E-state index < -0.39 is 54.6 Å². The Hall–Kier alpha value is -5.67. The van der Waals surface area contributed by atoms with Crippen molar-refractivity contribution in [1.29, 1.82) is 0 Å². The summed E-state index contributed by atoms with van der Waals surface area (Å²) in [7, 11) is 4.16. The van der Waals surface area contributed by atoms with Gasteiger partial charge in [-0.2, -0.15) is 22.0 Å². The van der Waals surface area contributed by atoms with E-state index in [1.165, 1.54) is 17.3 Å². The lowest BCUT2D eigenvalue weighted by Crippen LogP contribution is -2.53. The monoisotopic (exact) mass is 723 g/mol. The topological polar surface area (TPSA) is 134 Å². The van der Waals surface area contributed by atoms with Crippen molar-refractivity contribution >= 4 is 35.0 Å². The normalized spacial score (nSPS) is 17.2. The minimum Gasteiger partial charge on any atom is -0.362 e. The second kappa shape index (κ2) is 14.9. The Labute approximate surface area is 295 Å². The maximum Gasteiger partial charge on any atom is 0.455 e. The van der Waals surface area contributed by atoms with Gasteiger partial charge in [-0.15, -0.1) is 0 Å². The zero-order chi connectivity index (χ0) is 38.0. The Bertz CT molecular complexity index is 1950. The van der Waals surface area contributed by atoms with Gasteiger partial charge in [-0.1, -0.05) is 84.9 Å². The van der Waals surface area contributed by atoms with Gasteiger partial charge in [-0.05, 0) is 34.4 Å². The maximum atomic E-state index is 13.2. The summed E-state index contributed by atoms with van der Waals surface area (Å²) in [5.74, 6) is -8.56. The molecule has 4 aromatic carbocycles. The summed E-state index contributed by atoms with van der Waals surface area (Å²) in [5, 5.41) is 3.74. The lowest BCUT2D eigenvalue weighted by Gasteiger charge is -2.25. The predicted molar refractivity (Wildman–Crippen MR) is 183 cm³/mol. The zero-order valence-corrected chi connectivity index (χ0v) is 28.1. The average Bonchev–Trinajstić information content (AvgIpc) is 3.27. The maximum absolute atomic E-state index is 13.2. The Kier molecular flexibility index (Phi) is 10.8. The molecule has 0 saturated heterocycles. The standard InChI is InChI=1S/C22H20F5N3O4.C15H14N2O/c1-30-15-10-6-5-8-13(15)12-7-3-4-9-14(12)16(20(30)33)29-19(32)17(34-2)18(31)28-11-21(23,24)22(25,26)27;1-17-13-9-5-4-7-11(13)10-6-2-3-8-12(10)14(16)15(17)18/h3-10,16-17H,11H2,1-2H3,(H,28,31)(H,29,32);2-9,14H,16H2,1H3/t16-,17?;14-/m00/s1. The number of ether oxygens (including phenoxy) is 1. The van der Waals surface area contributed by atoms with E-state index >= 15 is 0 Å². The minimum atomic E-state index is -5.89. The van der Waals surface area contributed by atoms with Crippen LogP contribution in [0.3, 0.4) is 0 Å². The highest BCUT2D eigenvalue weighted by Gasteiger charge is 2.57. The summed E-state index contributed by atoms with van der Waals surface area (Å²) in [6, 6.07) is 27.5. The predicted octanol–water partition coefficient (Wildman–Crippen LogP) is 5.15. The van der Waals surface area contributed by atoms with E-state index in [2.05, 4.69) is 5.32 Å². The Balaban J connectivity index is 0.000000242. The second-order valence-corrected chi connectivity index (χ2v) is 12.0. The molecule has 0 saturated carbocycles. The Morgan fingerprint density at radius 1 is 0.712 bits per heavy atom. The lowest BCUT2D eigenvalue weighted by molar-refractivity contribution is -0.278. The van der Waals surface area contributed by atoms with E-state index in [0.717, 1.165) is 29.5 Å². The fraction of sp³-hybridized carbons (Fsp3) is 0.243. The molecule has 52 heavy (non-hydrogen) atoms. The van der Waals surface area contributed by atoms with Gasteiger partial charge in [0.05, 0.1) is 17.9 Å². The van der Waals surface area contributed by atoms with Crippen LogP contribution in [0.4, 0.5) is 33.3 Å². The number of anilines is 2. The molecule has 0 spiro atoms. The number of carbonyl (C=O) groups excluding carboxylic acids is 4. The van der Waals surface area contributed by atoms with Crippen molar-refractivity contribution in [2.24, 2.45) is 5.73 Å². The summed E-state index contributed by atoms with van der Waals surface area (Å²) in [6.07, 6.45) is -7.97. The number of likely N-dealkylation sites (N-methyl/N-ethyl adjacent to an activating group) is 2. The number of nitrogens with two attached hydrogens (primary N) is 1. The largest absolute Gasteiger partial charge is 0.455 e. The van der Waals surface area contributed by atoms with Gasteiger partial charge >= 0.3 is 12.1 Å². The second-order valence-electron chi connectivity index (χ2n) is 12.0. The molecule has 6 rings (SSSR count). The number of fused-ring (bicyclic) bond motifs is 6. The third-order valence-electron chi connectivity index (χ3n) is 8.75. The van der Waals surface area contributed by atoms with E-state index in [9.17, 15) is 41.1 Å². The van der Waals surface area contributed by atoms with Gasteiger partial charge in [0.1, 0.15) is 12.1 Å². The van der Waals surface area contributed by atoms with Crippen LogP contribution in [0, 0.1) is 0 Å². The summed E-state index contributed by atoms with van der Waals surface area (Å²) < 4.78 is 68.1. The number of para-hydroxylation sites is 2. The van der Waals surface area contributed by atoms with Gasteiger partial charge in [0.25, 0.3) is 17.7 Å². The van der Waals surface area contributed by atoms with Crippen molar-refractivity contribution in [3.63, 3.8) is 0 Å². The molecule has 4 aromatic rings. The Morgan fingerprint density at radius 2 is 1.15 bits per heavy atom. The molecular formula is C37H34F5N5O5. The SMILES string of the molecule is CN1C(=O)[C@@H](N)c2ccccc2-c2ccccc21.COC(C(=O)NCC(F)(F)C(F)(F)F)C(=O)N[C@@H]1C(=O)N(C)c2ccccc2-c2ccccc21. The number of alkyl halides is 5. The number of hydrogen-bond donors (Lipinski definition) is 3. The molecule has 10 nitrogen and oxygen atoms in total. The highest BCUT2D eigenvalue weighted by molar-refractivity contribution is 6.09. The first-order chi connectivity index (χ1) is 24.6. The van der Waals surface area contributed by atoms with Crippen LogP contribution in [0.2, 0.25) is 0 Å². The van der Waals surface area contributed by atoms with Crippen LogP contribution in [0.25, 0.3) is 22.3 Å². The van der Waals surface area contributed by atoms with Gasteiger partial charge in [0, 0.05) is 32.3 Å². The highest BCUT2D eigenvalue weighted by Crippen LogP contribution is 2.40. The number of hydrogen-bond acceptors (Lipinski definition) is 6. The third kappa shape index (κ3) is 7.22. The number of benzene rings is 4. The van der Waals surface area contributed by atoms with Gasteiger partial charge in [-0.25, -0.2) is 0 Å². The number of nitrogens with one attached hydrogen (secondary N) is 2. The van der Waals surface area contributed by atoms with Gasteiger partial charge in [0.2, 0.25) is 12.0 Å². The molecule has 15 heteroatoms. The number of nitrogens with zero attached hydrogens (tertiary/aromatic N) is 2. The number of carbonyl (C=O) groups is 4. The van der Waals surface area contributed by atoms with Crippen LogP contribution in [-0.4, -0.2) is 69.6 Å². The van der Waals surface area contributed by atoms with Crippen molar-refractivity contribution in [3.8, 4) is 22.3 Å². The molecule has 1 unspecified atom stereocenters. The van der Waals surface area contributed by atoms with Crippen molar-refractivity contribution in [2.75, 3.05) is 37.5 Å². The molecule has 4 N–H and O–H groups in total. The quantitative estimate of drug-likeness (QED) is 0.186. The van der Waals surface area contributed by atoms with Crippen LogP contribution >= 0.6 is 0 Å². The van der Waals surface area contributed by atoms with Crippen LogP contribution < -0.4 is 26.2 Å². The summed E-state index contributed by atoms with van der Waals surface area (Å²) in [4.78, 5) is 53.4. The molecule has 0 fully saturated rings. The fourth-order valence-electron chi connectivity index (χ4n) is 5.98. The molecule has 3 atom stereocenters. The molecule has 2 aliphatic heterocycles. The Morgan fingerprint density at radius 3 is 1.67 bits per heavy atom. The first kappa shape index (κ1) is 37.6. The highest BCUT2D eigenvalue weighted by atomic mass is 19.4. The number of rotatable bonds is 6. The van der Waals surface area contributed by atoms with E-state index in [-0.39, 0.29) is 5.91 Å². The average molecular weight is 724 g/mol. The van der Waals surface area contributed by atoms with E-state index in [1.807, 2.05) is 48.5 Å². The molecular weight excluding hydrogens is 689 g/mol. The zero-order valence-electron chi connectivity index (χ0n) is 28.1. The van der Waals surface area contributed by atoms with Crippen LogP contribution in [0.5, 0.6) is 0 Å². The first-order valence-corrected chi connectivity index (χ1v) is 15.8. The van der Waals surface area contributed by atoms with E-state index in [0.29, 0.717) is 22.4 Å². The molecule has 0 aliphatic carbocycles. The number of amides is 4. The molecule has 0 aromatic heterocycles. The minimum absolute atomic E-state index is 0.0765. The van der Waals surface area contributed by atoms with Crippen molar-refractivity contribution in [1.82, 2.24) is 10.6 Å². The molecule has 2 aliphatic rings. The molecule has 2 heterocycles. The van der Waals surface area contributed by atoms with Gasteiger partial charge < -0.3 is 30.9 Å². The van der Waals surface area contributed by atoms with Crippen LogP contribution in [0.1, 0.15) is 23.2 Å². The first-order valence-electron chi connectivity index (χ1n) is 15.8. The summed E-state index contributed by atoms with van der Waals surface area (Å²) in [6.45, 7) is -2.08. The van der Waals surface area contributed by atoms with Crippen LogP contribution in [0.15, 0.2) is 97.1 Å². The molecule has 272 valence electrons. The third-order valence-corrected chi connectivity index (χ3v) is 8.75. The molecule has 0 radical (unpaired) electrons. The van der Waals surface area contributed by atoms with Gasteiger partial charge in [0.15, 0.2) is 0 Å². The van der Waals surface area contributed by atoms with Crippen molar-refractivity contribution in [3.05, 3.63) is 108 Å². The van der Waals surface area contributed by atoms with E-state index in [4.69, 9.17) is 10.5 Å². The summed E-state index contributed by atoms with van der Waals surface area (Å²) in [5.41, 5.74) is 12.3. The smallest absolute Gasteiger partial charge is 0.362 e. The fourth-order valence-corrected chi connectivity index (χ4v) is 5.98. The number of methoxy groups -OCH3 is 1. The van der Waals surface area contributed by atoms with Crippen molar-refractivity contribution in [2.45, 2.75) is 30.3 Å². The molecule has 0 bridgehead atoms. The molecule has 4 amide bonds. The van der Waals surface area contributed by atoms with E-state index in [1.54, 1.807) is 60.5 Å². The number of halogens is 5. The van der Waals surface area contributed by atoms with Gasteiger partial charge in [-0.3, -0.25) is 19.2 Å². The van der Waals surface area contributed by atoms with Crippen molar-refractivity contribution < 1.29 is 45.9 Å². The summed E-state index contributed by atoms with van der Waals surface area (Å²) >= 11 is 0.